The first kappa shape index (κ1) is 16.3. The normalized spacial score (nSPS) is 17.9. The molecule has 3 heterocycles. The number of hydrogen-bond acceptors (Lipinski definition) is 5. The fraction of sp³-hybridized carbons (Fsp3) is 0.235. The van der Waals surface area contributed by atoms with Crippen molar-refractivity contribution in [2.75, 3.05) is 11.4 Å². The number of piperidine rings is 1. The number of aromatic nitrogens is 3. The summed E-state index contributed by atoms with van der Waals surface area (Å²) in [6.07, 6.45) is 1.63. The van der Waals surface area contributed by atoms with E-state index >= 15 is 0 Å². The molecule has 25 heavy (non-hydrogen) atoms. The van der Waals surface area contributed by atoms with Crippen molar-refractivity contribution in [2.24, 2.45) is 0 Å². The van der Waals surface area contributed by atoms with Gasteiger partial charge in [0.05, 0.1) is 10.1 Å². The van der Waals surface area contributed by atoms with E-state index in [-0.39, 0.29) is 17.0 Å². The first-order chi connectivity index (χ1) is 12.2. The van der Waals surface area contributed by atoms with Gasteiger partial charge in [0.15, 0.2) is 5.82 Å². The number of benzene rings is 1. The molecule has 0 spiro atoms. The lowest BCUT2D eigenvalue weighted by molar-refractivity contribution is -0.119. The average Bonchev–Trinajstić information content (AvgIpc) is 3.28. The number of rotatable bonds is 4. The second-order valence-corrected chi connectivity index (χ2v) is 7.78. The molecule has 0 bridgehead atoms. The van der Waals surface area contributed by atoms with Gasteiger partial charge in [-0.15, -0.1) is 16.4 Å². The second kappa shape index (κ2) is 6.97. The number of carbonyl (C=O) groups is 1. The Morgan fingerprint density at radius 2 is 2.24 bits per heavy atom. The van der Waals surface area contributed by atoms with Crippen molar-refractivity contribution in [3.05, 3.63) is 47.6 Å². The summed E-state index contributed by atoms with van der Waals surface area (Å²) in [5, 5.41) is 9.41. The minimum Gasteiger partial charge on any atom is -0.311 e. The van der Waals surface area contributed by atoms with Crippen LogP contribution in [0.15, 0.2) is 46.9 Å². The Morgan fingerprint density at radius 3 is 3.04 bits per heavy atom. The molecule has 0 aliphatic carbocycles. The molecule has 4 rings (SSSR count). The van der Waals surface area contributed by atoms with E-state index in [9.17, 15) is 9.18 Å². The SMILES string of the molecule is O=C1C(Sc2n[nH]c(-c3cccs3)n2)CCCN1c1cccc(F)c1. The van der Waals surface area contributed by atoms with E-state index in [4.69, 9.17) is 0 Å². The van der Waals surface area contributed by atoms with Gasteiger partial charge in [0.2, 0.25) is 11.1 Å². The Bertz CT molecular complexity index is 880. The number of carbonyl (C=O) groups excluding carboxylic acids is 1. The number of hydrogen-bond donors (Lipinski definition) is 1. The summed E-state index contributed by atoms with van der Waals surface area (Å²) >= 11 is 2.94. The summed E-state index contributed by atoms with van der Waals surface area (Å²) in [6.45, 7) is 0.605. The Balaban J connectivity index is 1.50. The van der Waals surface area contributed by atoms with Crippen molar-refractivity contribution in [1.29, 1.82) is 0 Å². The van der Waals surface area contributed by atoms with E-state index in [0.29, 0.717) is 23.2 Å². The second-order valence-electron chi connectivity index (χ2n) is 5.66. The predicted octanol–water partition coefficient (Wildman–Crippen LogP) is 3.96. The lowest BCUT2D eigenvalue weighted by Crippen LogP contribution is -2.43. The minimum atomic E-state index is -0.338. The molecule has 1 saturated heterocycles. The molecule has 3 aromatic rings. The molecule has 1 fully saturated rings. The summed E-state index contributed by atoms with van der Waals surface area (Å²) in [6, 6.07) is 10.1. The van der Waals surface area contributed by atoms with E-state index in [1.165, 1.54) is 23.9 Å². The molecule has 1 atom stereocenters. The summed E-state index contributed by atoms with van der Waals surface area (Å²) in [5.74, 6) is 0.349. The quantitative estimate of drug-likeness (QED) is 0.751. The number of halogens is 1. The van der Waals surface area contributed by atoms with Gasteiger partial charge in [-0.05, 0) is 42.5 Å². The number of thioether (sulfide) groups is 1. The zero-order valence-corrected chi connectivity index (χ0v) is 14.8. The van der Waals surface area contributed by atoms with Crippen LogP contribution in [-0.2, 0) is 4.79 Å². The smallest absolute Gasteiger partial charge is 0.240 e. The first-order valence-electron chi connectivity index (χ1n) is 7.90. The maximum Gasteiger partial charge on any atom is 0.240 e. The number of anilines is 1. The highest BCUT2D eigenvalue weighted by Crippen LogP contribution is 2.32. The zero-order chi connectivity index (χ0) is 17.2. The maximum absolute atomic E-state index is 13.5. The molecule has 8 heteroatoms. The maximum atomic E-state index is 13.5. The average molecular weight is 374 g/mol. The lowest BCUT2D eigenvalue weighted by Gasteiger charge is -2.31. The van der Waals surface area contributed by atoms with E-state index in [2.05, 4.69) is 15.2 Å². The molecule has 0 radical (unpaired) electrons. The Kier molecular flexibility index (Phi) is 4.54. The van der Waals surface area contributed by atoms with Crippen molar-refractivity contribution in [3.8, 4) is 10.7 Å². The van der Waals surface area contributed by atoms with Crippen LogP contribution in [0.2, 0.25) is 0 Å². The topological polar surface area (TPSA) is 61.9 Å². The predicted molar refractivity (Wildman–Crippen MR) is 97.3 cm³/mol. The fourth-order valence-corrected chi connectivity index (χ4v) is 4.48. The fourth-order valence-electron chi connectivity index (χ4n) is 2.80. The van der Waals surface area contributed by atoms with Gasteiger partial charge in [0.1, 0.15) is 5.82 Å². The summed E-state index contributed by atoms with van der Waals surface area (Å²) in [5.41, 5.74) is 0.601. The van der Waals surface area contributed by atoms with E-state index in [0.717, 1.165) is 17.7 Å². The Hall–Kier alpha value is -2.19. The highest BCUT2D eigenvalue weighted by Gasteiger charge is 2.31. The first-order valence-corrected chi connectivity index (χ1v) is 9.66. The number of H-pyrrole nitrogens is 1. The molecule has 128 valence electrons. The van der Waals surface area contributed by atoms with Crippen LogP contribution in [0.3, 0.4) is 0 Å². The van der Waals surface area contributed by atoms with Gasteiger partial charge < -0.3 is 4.90 Å². The van der Waals surface area contributed by atoms with Crippen molar-refractivity contribution < 1.29 is 9.18 Å². The van der Waals surface area contributed by atoms with Crippen LogP contribution in [0.25, 0.3) is 10.7 Å². The molecule has 1 unspecified atom stereocenters. The molecular formula is C17H15FN4OS2. The van der Waals surface area contributed by atoms with Gasteiger partial charge in [0.25, 0.3) is 0 Å². The Morgan fingerprint density at radius 1 is 1.32 bits per heavy atom. The van der Waals surface area contributed by atoms with E-state index < -0.39 is 0 Å². The van der Waals surface area contributed by atoms with Gasteiger partial charge >= 0.3 is 0 Å². The number of amides is 1. The highest BCUT2D eigenvalue weighted by atomic mass is 32.2. The van der Waals surface area contributed by atoms with Crippen LogP contribution in [0.5, 0.6) is 0 Å². The number of nitrogens with one attached hydrogen (secondary N) is 1. The van der Waals surface area contributed by atoms with Crippen molar-refractivity contribution in [2.45, 2.75) is 23.2 Å². The molecule has 1 aliphatic heterocycles. The van der Waals surface area contributed by atoms with E-state index in [1.54, 1.807) is 28.4 Å². The van der Waals surface area contributed by atoms with Crippen LogP contribution in [0.4, 0.5) is 10.1 Å². The summed E-state index contributed by atoms with van der Waals surface area (Å²) < 4.78 is 13.5. The van der Waals surface area contributed by atoms with Crippen molar-refractivity contribution in [1.82, 2.24) is 15.2 Å². The van der Waals surface area contributed by atoms with Gasteiger partial charge in [-0.3, -0.25) is 9.89 Å². The van der Waals surface area contributed by atoms with Crippen molar-refractivity contribution >= 4 is 34.7 Å². The van der Waals surface area contributed by atoms with Crippen LogP contribution in [0, 0.1) is 5.82 Å². The molecule has 1 N–H and O–H groups in total. The third-order valence-electron chi connectivity index (χ3n) is 3.98. The molecule has 1 aliphatic rings. The van der Waals surface area contributed by atoms with E-state index in [1.807, 2.05) is 17.5 Å². The monoisotopic (exact) mass is 374 g/mol. The molecule has 5 nitrogen and oxygen atoms in total. The van der Waals surface area contributed by atoms with Gasteiger partial charge in [-0.25, -0.2) is 9.37 Å². The van der Waals surface area contributed by atoms with Crippen LogP contribution >= 0.6 is 23.1 Å². The largest absolute Gasteiger partial charge is 0.311 e. The minimum absolute atomic E-state index is 0.0238. The van der Waals surface area contributed by atoms with Crippen LogP contribution < -0.4 is 4.90 Å². The Labute approximate surface area is 152 Å². The summed E-state index contributed by atoms with van der Waals surface area (Å²) in [7, 11) is 0. The van der Waals surface area contributed by atoms with Crippen molar-refractivity contribution in [3.63, 3.8) is 0 Å². The molecule has 1 aromatic carbocycles. The van der Waals surface area contributed by atoms with Crippen LogP contribution in [-0.4, -0.2) is 32.9 Å². The summed E-state index contributed by atoms with van der Waals surface area (Å²) in [4.78, 5) is 19.9. The standard InChI is InChI=1S/C17H15FN4OS2/c18-11-4-1-5-12(10-11)22-8-2-6-14(16(22)23)25-17-19-15(20-21-17)13-7-3-9-24-13/h1,3-5,7,9-10,14H,2,6,8H2,(H,19,20,21). The third-order valence-corrected chi connectivity index (χ3v) is 5.97. The van der Waals surface area contributed by atoms with Gasteiger partial charge in [0, 0.05) is 12.2 Å². The third kappa shape index (κ3) is 3.45. The number of thiophene rings is 1. The molecule has 0 saturated carbocycles. The number of nitrogens with zero attached hydrogens (tertiary/aromatic N) is 3. The van der Waals surface area contributed by atoms with Gasteiger partial charge in [-0.1, -0.05) is 23.9 Å². The molecular weight excluding hydrogens is 359 g/mol. The van der Waals surface area contributed by atoms with Crippen LogP contribution in [0.1, 0.15) is 12.8 Å². The number of aromatic amines is 1. The highest BCUT2D eigenvalue weighted by molar-refractivity contribution is 8.00. The van der Waals surface area contributed by atoms with Gasteiger partial charge in [-0.2, -0.15) is 0 Å². The lowest BCUT2D eigenvalue weighted by atomic mass is 10.1. The zero-order valence-electron chi connectivity index (χ0n) is 13.2. The molecule has 1 amide bonds. The molecule has 2 aromatic heterocycles.